The van der Waals surface area contributed by atoms with Crippen LogP contribution in [0.5, 0.6) is 5.75 Å². The second-order valence-corrected chi connectivity index (χ2v) is 11.4. The van der Waals surface area contributed by atoms with Crippen LogP contribution >= 0.6 is 11.3 Å². The van der Waals surface area contributed by atoms with Crippen LogP contribution < -0.4 is 9.46 Å². The van der Waals surface area contributed by atoms with Crippen molar-refractivity contribution in [3.05, 3.63) is 36.4 Å². The number of benzene rings is 1. The molecule has 2 amide bonds. The summed E-state index contributed by atoms with van der Waals surface area (Å²) < 4.78 is 33.9. The molecule has 0 unspecified atom stereocenters. The van der Waals surface area contributed by atoms with E-state index in [4.69, 9.17) is 4.74 Å². The predicted molar refractivity (Wildman–Crippen MR) is 127 cm³/mol. The number of ether oxygens (including phenoxy) is 1. The summed E-state index contributed by atoms with van der Waals surface area (Å²) in [5, 5.41) is 0. The van der Waals surface area contributed by atoms with Gasteiger partial charge in [-0.2, -0.15) is 4.72 Å². The molecule has 0 spiro atoms. The van der Waals surface area contributed by atoms with Gasteiger partial charge in [-0.3, -0.25) is 9.59 Å². The summed E-state index contributed by atoms with van der Waals surface area (Å²) in [6.45, 7) is 3.52. The molecule has 33 heavy (non-hydrogen) atoms. The Labute approximate surface area is 198 Å². The number of carbonyl (C=O) groups excluding carboxylic acids is 2. The lowest BCUT2D eigenvalue weighted by Gasteiger charge is -2.32. The molecule has 1 aromatic carbocycles. The van der Waals surface area contributed by atoms with Crippen LogP contribution in [0.4, 0.5) is 0 Å². The third-order valence-corrected chi connectivity index (χ3v) is 9.33. The van der Waals surface area contributed by atoms with Crippen LogP contribution in [0.15, 0.2) is 40.6 Å². The molecule has 10 heteroatoms. The molecule has 2 saturated heterocycles. The standard InChI is InChI=1S/C23H29N3O5S2/c1-16(22(27)25-12-4-3-5-13-25)26-14-11-19(23(26)28)24-33(29,30)21-10-9-20(32-21)17-7-6-8-18(15-17)31-2/h6-10,15-16,19,24H,3-5,11-14H2,1-2H3/t16-,19-/m0/s1. The highest BCUT2D eigenvalue weighted by Gasteiger charge is 2.40. The van der Waals surface area contributed by atoms with E-state index in [0.29, 0.717) is 18.7 Å². The maximum absolute atomic E-state index is 13.0. The van der Waals surface area contributed by atoms with Gasteiger partial charge in [0, 0.05) is 24.5 Å². The minimum Gasteiger partial charge on any atom is -0.497 e. The van der Waals surface area contributed by atoms with Gasteiger partial charge in [0.15, 0.2) is 0 Å². The summed E-state index contributed by atoms with van der Waals surface area (Å²) in [5.74, 6) is 0.280. The van der Waals surface area contributed by atoms with Crippen molar-refractivity contribution in [3.63, 3.8) is 0 Å². The SMILES string of the molecule is COc1cccc(-c2ccc(S(=O)(=O)N[C@H]3CCN([C@@H](C)C(=O)N4CCCCC4)C3=O)s2)c1. The van der Waals surface area contributed by atoms with Crippen molar-refractivity contribution in [2.24, 2.45) is 0 Å². The Bertz CT molecular complexity index is 1120. The van der Waals surface area contributed by atoms with E-state index in [9.17, 15) is 18.0 Å². The first-order chi connectivity index (χ1) is 15.8. The first kappa shape index (κ1) is 23.7. The predicted octanol–water partition coefficient (Wildman–Crippen LogP) is 2.70. The average molecular weight is 492 g/mol. The van der Waals surface area contributed by atoms with Crippen LogP contribution in [0.2, 0.25) is 0 Å². The largest absolute Gasteiger partial charge is 0.497 e. The van der Waals surface area contributed by atoms with Crippen LogP contribution in [0.25, 0.3) is 10.4 Å². The number of amides is 2. The topological polar surface area (TPSA) is 96.0 Å². The Hall–Kier alpha value is -2.43. The Morgan fingerprint density at radius 3 is 2.64 bits per heavy atom. The van der Waals surface area contributed by atoms with Gasteiger partial charge in [0.2, 0.25) is 11.8 Å². The number of nitrogens with zero attached hydrogens (tertiary/aromatic N) is 2. The van der Waals surface area contributed by atoms with Crippen LogP contribution in [-0.4, -0.2) is 68.9 Å². The van der Waals surface area contributed by atoms with Crippen LogP contribution in [0, 0.1) is 0 Å². The number of piperidine rings is 1. The fourth-order valence-corrected chi connectivity index (χ4v) is 6.89. The van der Waals surface area contributed by atoms with Gasteiger partial charge in [-0.1, -0.05) is 12.1 Å². The third-order valence-electron chi connectivity index (χ3n) is 6.23. The molecule has 0 aliphatic carbocycles. The molecule has 1 aromatic heterocycles. The lowest BCUT2D eigenvalue weighted by atomic mass is 10.1. The molecule has 178 valence electrons. The van der Waals surface area contributed by atoms with Gasteiger partial charge in [-0.15, -0.1) is 11.3 Å². The van der Waals surface area contributed by atoms with Gasteiger partial charge in [0.1, 0.15) is 22.0 Å². The van der Waals surface area contributed by atoms with E-state index in [1.54, 1.807) is 26.2 Å². The third kappa shape index (κ3) is 5.07. The maximum atomic E-state index is 13.0. The zero-order chi connectivity index (χ0) is 23.6. The molecule has 0 bridgehead atoms. The molecule has 8 nitrogen and oxygen atoms in total. The first-order valence-electron chi connectivity index (χ1n) is 11.2. The van der Waals surface area contributed by atoms with Gasteiger partial charge >= 0.3 is 0 Å². The van der Waals surface area contributed by atoms with E-state index in [0.717, 1.165) is 54.1 Å². The van der Waals surface area contributed by atoms with Crippen molar-refractivity contribution in [2.45, 2.75) is 48.9 Å². The number of hydrogen-bond donors (Lipinski definition) is 1. The van der Waals surface area contributed by atoms with Crippen molar-refractivity contribution in [2.75, 3.05) is 26.7 Å². The lowest BCUT2D eigenvalue weighted by Crippen LogP contribution is -2.51. The lowest BCUT2D eigenvalue weighted by molar-refractivity contribution is -0.143. The summed E-state index contributed by atoms with van der Waals surface area (Å²) in [6, 6.07) is 9.23. The zero-order valence-corrected chi connectivity index (χ0v) is 20.5. The van der Waals surface area contributed by atoms with Crippen molar-refractivity contribution >= 4 is 33.2 Å². The maximum Gasteiger partial charge on any atom is 0.250 e. The van der Waals surface area contributed by atoms with Crippen LogP contribution in [0.1, 0.15) is 32.6 Å². The fourth-order valence-electron chi connectivity index (χ4n) is 4.35. The number of sulfonamides is 1. The first-order valence-corrected chi connectivity index (χ1v) is 13.5. The summed E-state index contributed by atoms with van der Waals surface area (Å²) >= 11 is 1.14. The molecule has 1 N–H and O–H groups in total. The number of methoxy groups -OCH3 is 1. The van der Waals surface area contributed by atoms with E-state index in [2.05, 4.69) is 4.72 Å². The summed E-state index contributed by atoms with van der Waals surface area (Å²) in [5.41, 5.74) is 0.856. The molecular formula is C23H29N3O5S2. The number of carbonyl (C=O) groups is 2. The zero-order valence-electron chi connectivity index (χ0n) is 18.8. The summed E-state index contributed by atoms with van der Waals surface area (Å²) in [7, 11) is -2.30. The monoisotopic (exact) mass is 491 g/mol. The van der Waals surface area contributed by atoms with Gasteiger partial charge < -0.3 is 14.5 Å². The normalized spacial score (nSPS) is 20.2. The van der Waals surface area contributed by atoms with Crippen molar-refractivity contribution < 1.29 is 22.7 Å². The van der Waals surface area contributed by atoms with Crippen LogP contribution in [0.3, 0.4) is 0 Å². The number of likely N-dealkylation sites (tertiary alicyclic amines) is 2. The van der Waals surface area contributed by atoms with E-state index in [1.807, 2.05) is 29.2 Å². The highest BCUT2D eigenvalue weighted by Crippen LogP contribution is 2.33. The Kier molecular flexibility index (Phi) is 7.06. The Balaban J connectivity index is 1.43. The number of nitrogens with one attached hydrogen (secondary N) is 1. The number of thiophene rings is 1. The smallest absolute Gasteiger partial charge is 0.250 e. The van der Waals surface area contributed by atoms with E-state index in [1.165, 1.54) is 4.90 Å². The molecule has 2 aliphatic rings. The molecule has 0 radical (unpaired) electrons. The molecule has 2 fully saturated rings. The average Bonchev–Trinajstić information content (AvgIpc) is 3.47. The second-order valence-electron chi connectivity index (χ2n) is 8.41. The molecule has 0 saturated carbocycles. The quantitative estimate of drug-likeness (QED) is 0.643. The highest BCUT2D eigenvalue weighted by atomic mass is 32.2. The summed E-state index contributed by atoms with van der Waals surface area (Å²) in [6.07, 6.45) is 3.41. The van der Waals surface area contributed by atoms with Gasteiger partial charge in [0.25, 0.3) is 10.0 Å². The van der Waals surface area contributed by atoms with Crippen molar-refractivity contribution in [1.82, 2.24) is 14.5 Å². The van der Waals surface area contributed by atoms with Crippen LogP contribution in [-0.2, 0) is 19.6 Å². The minimum atomic E-state index is -3.87. The van der Waals surface area contributed by atoms with Gasteiger partial charge in [0.05, 0.1) is 7.11 Å². The molecule has 4 rings (SSSR count). The highest BCUT2D eigenvalue weighted by molar-refractivity contribution is 7.91. The van der Waals surface area contributed by atoms with Gasteiger partial charge in [-0.05, 0) is 62.4 Å². The van der Waals surface area contributed by atoms with Gasteiger partial charge in [-0.25, -0.2) is 8.42 Å². The molecule has 2 aromatic rings. The van der Waals surface area contributed by atoms with E-state index < -0.39 is 22.1 Å². The van der Waals surface area contributed by atoms with E-state index in [-0.39, 0.29) is 16.0 Å². The fraction of sp³-hybridized carbons (Fsp3) is 0.478. The Morgan fingerprint density at radius 1 is 1.15 bits per heavy atom. The molecule has 2 atom stereocenters. The second kappa shape index (κ2) is 9.82. The number of rotatable bonds is 7. The Morgan fingerprint density at radius 2 is 1.91 bits per heavy atom. The van der Waals surface area contributed by atoms with Crippen molar-refractivity contribution in [3.8, 4) is 16.2 Å². The molecular weight excluding hydrogens is 462 g/mol. The van der Waals surface area contributed by atoms with Crippen molar-refractivity contribution in [1.29, 1.82) is 0 Å². The molecule has 3 heterocycles. The summed E-state index contributed by atoms with van der Waals surface area (Å²) in [4.78, 5) is 29.9. The number of hydrogen-bond acceptors (Lipinski definition) is 6. The van der Waals surface area contributed by atoms with E-state index >= 15 is 0 Å². The molecule has 2 aliphatic heterocycles. The minimum absolute atomic E-state index is 0.0623.